The molecule has 2 rings (SSSR count). The molecule has 1 aliphatic heterocycles. The zero-order valence-corrected chi connectivity index (χ0v) is 10.5. The van der Waals surface area contributed by atoms with Crippen molar-refractivity contribution in [3.05, 3.63) is 27.8 Å². The fraction of sp³-hybridized carbons (Fsp3) is 0.273. The number of anilines is 1. The fourth-order valence-corrected chi connectivity index (χ4v) is 2.10. The molecule has 0 radical (unpaired) electrons. The number of rotatable bonds is 2. The molecule has 84 valence electrons. The number of aliphatic carboxylic acids is 1. The van der Waals surface area contributed by atoms with E-state index < -0.39 is 11.9 Å². The van der Waals surface area contributed by atoms with Gasteiger partial charge in [-0.3, -0.25) is 4.79 Å². The summed E-state index contributed by atoms with van der Waals surface area (Å²) in [5.41, 5.74) is 0.745. The van der Waals surface area contributed by atoms with Crippen LogP contribution in [0.4, 0.5) is 5.69 Å². The summed E-state index contributed by atoms with van der Waals surface area (Å²) in [6, 6.07) is 7.40. The van der Waals surface area contributed by atoms with Crippen LogP contribution in [0, 0.1) is 9.49 Å². The number of nitrogens with zero attached hydrogens (tertiary/aromatic N) is 1. The van der Waals surface area contributed by atoms with Crippen LogP contribution < -0.4 is 10.0 Å². The van der Waals surface area contributed by atoms with E-state index in [1.807, 2.05) is 24.3 Å². The summed E-state index contributed by atoms with van der Waals surface area (Å²) in [6.45, 7) is 0.210. The van der Waals surface area contributed by atoms with Crippen LogP contribution in [0.1, 0.15) is 6.42 Å². The Kier molecular flexibility index (Phi) is 3.13. The molecule has 1 aromatic carbocycles. The lowest BCUT2D eigenvalue weighted by molar-refractivity contribution is -0.310. The van der Waals surface area contributed by atoms with Gasteiger partial charge in [-0.05, 0) is 46.9 Å². The van der Waals surface area contributed by atoms with E-state index in [2.05, 4.69) is 22.6 Å². The molecule has 0 unspecified atom stereocenters. The van der Waals surface area contributed by atoms with Crippen molar-refractivity contribution in [3.8, 4) is 0 Å². The van der Waals surface area contributed by atoms with Gasteiger partial charge in [-0.1, -0.05) is 0 Å². The third-order valence-electron chi connectivity index (χ3n) is 2.60. The number of carboxylic acids is 1. The van der Waals surface area contributed by atoms with Crippen molar-refractivity contribution in [3.63, 3.8) is 0 Å². The molecule has 1 heterocycles. The number of benzene rings is 1. The highest BCUT2D eigenvalue weighted by Crippen LogP contribution is 2.25. The molecule has 5 heteroatoms. The van der Waals surface area contributed by atoms with Crippen molar-refractivity contribution < 1.29 is 14.7 Å². The van der Waals surface area contributed by atoms with Gasteiger partial charge >= 0.3 is 0 Å². The highest BCUT2D eigenvalue weighted by Gasteiger charge is 2.31. The van der Waals surface area contributed by atoms with Gasteiger partial charge in [0.2, 0.25) is 5.91 Å². The Morgan fingerprint density at radius 2 is 2.00 bits per heavy atom. The lowest BCUT2D eigenvalue weighted by Gasteiger charge is -2.17. The smallest absolute Gasteiger partial charge is 0.227 e. The third-order valence-corrected chi connectivity index (χ3v) is 3.32. The van der Waals surface area contributed by atoms with Gasteiger partial charge in [-0.2, -0.15) is 0 Å². The summed E-state index contributed by atoms with van der Waals surface area (Å²) in [5, 5.41) is 10.7. The van der Waals surface area contributed by atoms with Gasteiger partial charge in [0.15, 0.2) is 0 Å². The number of amides is 1. The van der Waals surface area contributed by atoms with E-state index >= 15 is 0 Å². The molecule has 1 fully saturated rings. The van der Waals surface area contributed by atoms with E-state index in [0.717, 1.165) is 9.26 Å². The third kappa shape index (κ3) is 2.18. The molecule has 0 saturated carbocycles. The van der Waals surface area contributed by atoms with Crippen LogP contribution in [0.2, 0.25) is 0 Å². The number of carbonyl (C=O) groups is 2. The van der Waals surface area contributed by atoms with Gasteiger partial charge in [0.1, 0.15) is 0 Å². The van der Waals surface area contributed by atoms with Crippen molar-refractivity contribution in [1.82, 2.24) is 0 Å². The second kappa shape index (κ2) is 4.40. The van der Waals surface area contributed by atoms with Crippen LogP contribution in [0.5, 0.6) is 0 Å². The monoisotopic (exact) mass is 330 g/mol. The summed E-state index contributed by atoms with van der Waals surface area (Å²) < 4.78 is 1.07. The zero-order chi connectivity index (χ0) is 11.7. The molecular formula is C11H9INO3-. The van der Waals surface area contributed by atoms with Crippen LogP contribution in [0.15, 0.2) is 24.3 Å². The molecule has 0 aliphatic carbocycles. The van der Waals surface area contributed by atoms with Gasteiger partial charge in [-0.15, -0.1) is 0 Å². The van der Waals surface area contributed by atoms with Crippen molar-refractivity contribution >= 4 is 40.2 Å². The second-order valence-electron chi connectivity index (χ2n) is 3.70. The average Bonchev–Trinajstić information content (AvgIpc) is 2.62. The molecule has 0 bridgehead atoms. The lowest BCUT2D eigenvalue weighted by atomic mass is 10.1. The molecule has 1 atom stereocenters. The number of carboxylic acid groups (broad SMARTS) is 1. The van der Waals surface area contributed by atoms with Crippen LogP contribution in [-0.2, 0) is 9.59 Å². The lowest BCUT2D eigenvalue weighted by Crippen LogP contribution is -2.33. The second-order valence-corrected chi connectivity index (χ2v) is 4.95. The Hall–Kier alpha value is -1.11. The van der Waals surface area contributed by atoms with E-state index in [1.165, 1.54) is 4.90 Å². The van der Waals surface area contributed by atoms with Crippen LogP contribution in [0.3, 0.4) is 0 Å². The maximum Gasteiger partial charge on any atom is 0.227 e. The summed E-state index contributed by atoms with van der Waals surface area (Å²) >= 11 is 2.17. The number of hydrogen-bond acceptors (Lipinski definition) is 3. The molecule has 1 amide bonds. The Morgan fingerprint density at radius 3 is 2.50 bits per heavy atom. The molecule has 1 aliphatic rings. The quantitative estimate of drug-likeness (QED) is 0.738. The Labute approximate surface area is 106 Å². The molecule has 0 N–H and O–H groups in total. The first-order valence-electron chi connectivity index (χ1n) is 4.84. The molecule has 0 aromatic heterocycles. The summed E-state index contributed by atoms with van der Waals surface area (Å²) in [4.78, 5) is 23.8. The maximum atomic E-state index is 11.6. The SMILES string of the molecule is O=C([O-])[C@H]1CC(=O)N(c2ccc(I)cc2)C1. The van der Waals surface area contributed by atoms with E-state index in [-0.39, 0.29) is 18.9 Å². The number of hydrogen-bond donors (Lipinski definition) is 0. The van der Waals surface area contributed by atoms with Gasteiger partial charge < -0.3 is 14.8 Å². The van der Waals surface area contributed by atoms with Gasteiger partial charge in [-0.25, -0.2) is 0 Å². The standard InChI is InChI=1S/C11H10INO3/c12-8-1-3-9(4-2-8)13-6-7(11(15)16)5-10(13)14/h1-4,7H,5-6H2,(H,15,16)/p-1/t7-/m0/s1. The van der Waals surface area contributed by atoms with Crippen molar-refractivity contribution in [1.29, 1.82) is 0 Å². The van der Waals surface area contributed by atoms with E-state index in [0.29, 0.717) is 0 Å². The Morgan fingerprint density at radius 1 is 1.38 bits per heavy atom. The Balaban J connectivity index is 2.20. The Bertz CT molecular complexity index is 429. The first-order chi connectivity index (χ1) is 7.58. The molecular weight excluding hydrogens is 321 g/mol. The number of carbonyl (C=O) groups excluding carboxylic acids is 2. The highest BCUT2D eigenvalue weighted by molar-refractivity contribution is 14.1. The van der Waals surface area contributed by atoms with Crippen molar-refractivity contribution in [2.24, 2.45) is 5.92 Å². The van der Waals surface area contributed by atoms with Crippen molar-refractivity contribution in [2.45, 2.75) is 6.42 Å². The summed E-state index contributed by atoms with van der Waals surface area (Å²) in [7, 11) is 0. The minimum absolute atomic E-state index is 0.0360. The average molecular weight is 330 g/mol. The normalized spacial score (nSPS) is 20.2. The molecule has 0 spiro atoms. The van der Waals surface area contributed by atoms with Crippen LogP contribution in [0.25, 0.3) is 0 Å². The maximum absolute atomic E-state index is 11.6. The molecule has 4 nitrogen and oxygen atoms in total. The first kappa shape index (κ1) is 11.4. The molecule has 16 heavy (non-hydrogen) atoms. The summed E-state index contributed by atoms with van der Waals surface area (Å²) in [6.07, 6.45) is 0.0360. The van der Waals surface area contributed by atoms with Crippen LogP contribution in [-0.4, -0.2) is 18.4 Å². The van der Waals surface area contributed by atoms with Crippen molar-refractivity contribution in [2.75, 3.05) is 11.4 Å². The molecule has 1 saturated heterocycles. The number of halogens is 1. The highest BCUT2D eigenvalue weighted by atomic mass is 127. The topological polar surface area (TPSA) is 60.4 Å². The van der Waals surface area contributed by atoms with E-state index in [4.69, 9.17) is 0 Å². The zero-order valence-electron chi connectivity index (χ0n) is 8.35. The summed E-state index contributed by atoms with van der Waals surface area (Å²) in [5.74, 6) is -2.00. The van der Waals surface area contributed by atoms with Crippen LogP contribution >= 0.6 is 22.6 Å². The van der Waals surface area contributed by atoms with E-state index in [9.17, 15) is 14.7 Å². The van der Waals surface area contributed by atoms with E-state index in [1.54, 1.807) is 0 Å². The minimum atomic E-state index is -1.15. The predicted molar refractivity (Wildman–Crippen MR) is 64.6 cm³/mol. The minimum Gasteiger partial charge on any atom is -0.550 e. The van der Waals surface area contributed by atoms with Gasteiger partial charge in [0.25, 0.3) is 0 Å². The molecule has 1 aromatic rings. The van der Waals surface area contributed by atoms with Gasteiger partial charge in [0.05, 0.1) is 0 Å². The first-order valence-corrected chi connectivity index (χ1v) is 5.92. The fourth-order valence-electron chi connectivity index (χ4n) is 1.74. The van der Waals surface area contributed by atoms with Gasteiger partial charge in [0, 0.05) is 34.1 Å². The predicted octanol–water partition coefficient (Wildman–Crippen LogP) is 0.394. The largest absolute Gasteiger partial charge is 0.550 e.